The van der Waals surface area contributed by atoms with Gasteiger partial charge in [0, 0.05) is 30.6 Å². The van der Waals surface area contributed by atoms with E-state index >= 15 is 0 Å². The molecule has 2 heterocycles. The van der Waals surface area contributed by atoms with Crippen molar-refractivity contribution in [1.82, 2.24) is 31.7 Å². The highest BCUT2D eigenvalue weighted by atomic mass is 16.5. The summed E-state index contributed by atoms with van der Waals surface area (Å²) in [6, 6.07) is 6.89. The molecule has 14 nitrogen and oxygen atoms in total. The molecule has 3 rings (SSSR count). The highest BCUT2D eigenvalue weighted by molar-refractivity contribution is 5.97. The maximum atomic E-state index is 13.7. The van der Waals surface area contributed by atoms with E-state index < -0.39 is 53.8 Å². The van der Waals surface area contributed by atoms with Gasteiger partial charge in [-0.1, -0.05) is 69.3 Å². The van der Waals surface area contributed by atoms with E-state index in [0.717, 1.165) is 5.56 Å². The van der Waals surface area contributed by atoms with Gasteiger partial charge < -0.3 is 35.8 Å². The second-order valence-electron chi connectivity index (χ2n) is 13.0. The fraction of sp³-hybridized carbons (Fsp3) is 0.514. The van der Waals surface area contributed by atoms with Gasteiger partial charge in [0.15, 0.2) is 5.69 Å². The molecule has 1 aliphatic rings. The molecule has 1 aromatic heterocycles. The first-order valence-electron chi connectivity index (χ1n) is 16.5. The molecule has 5 atom stereocenters. The highest BCUT2D eigenvalue weighted by Gasteiger charge is 2.33. The number of aromatic nitrogens is 1. The van der Waals surface area contributed by atoms with E-state index in [-0.39, 0.29) is 48.8 Å². The number of nitrogens with one attached hydrogen (secondary N) is 5. The lowest BCUT2D eigenvalue weighted by Gasteiger charge is -2.28. The van der Waals surface area contributed by atoms with Crippen molar-refractivity contribution in [3.05, 3.63) is 65.6 Å². The maximum absolute atomic E-state index is 13.7. The Hall–Kier alpha value is -5.01. The van der Waals surface area contributed by atoms with Gasteiger partial charge in [0.05, 0.1) is 0 Å². The lowest BCUT2D eigenvalue weighted by atomic mass is 9.96. The second-order valence-corrected chi connectivity index (χ2v) is 13.0. The summed E-state index contributed by atoms with van der Waals surface area (Å²) < 4.78 is 10.2. The average Bonchev–Trinajstić information content (AvgIpc) is 3.68. The molecule has 0 bridgehead atoms. The van der Waals surface area contributed by atoms with Crippen LogP contribution in [0.25, 0.3) is 0 Å². The lowest BCUT2D eigenvalue weighted by Crippen LogP contribution is -2.58. The first-order valence-corrected chi connectivity index (χ1v) is 16.5. The number of carbonyl (C=O) groups is 6. The van der Waals surface area contributed by atoms with Gasteiger partial charge in [0.2, 0.25) is 23.6 Å². The third-order valence-corrected chi connectivity index (χ3v) is 7.91. The van der Waals surface area contributed by atoms with E-state index in [2.05, 4.69) is 31.7 Å². The molecule has 1 aromatic carbocycles. The summed E-state index contributed by atoms with van der Waals surface area (Å²) >= 11 is 0. The Morgan fingerprint density at radius 2 is 1.69 bits per heavy atom. The number of rotatable bonds is 17. The van der Waals surface area contributed by atoms with Crippen molar-refractivity contribution in [2.24, 2.45) is 17.8 Å². The molecule has 1 aliphatic heterocycles. The second kappa shape index (κ2) is 18.5. The number of hydrogen-bond acceptors (Lipinski definition) is 9. The largest absolute Gasteiger partial charge is 0.458 e. The van der Waals surface area contributed by atoms with Crippen LogP contribution in [0, 0.1) is 24.7 Å². The van der Waals surface area contributed by atoms with E-state index in [1.54, 1.807) is 20.8 Å². The summed E-state index contributed by atoms with van der Waals surface area (Å²) in [6.45, 7) is 11.0. The van der Waals surface area contributed by atoms with Crippen LogP contribution in [0.4, 0.5) is 0 Å². The van der Waals surface area contributed by atoms with Crippen molar-refractivity contribution < 1.29 is 38.0 Å². The van der Waals surface area contributed by atoms with E-state index in [1.165, 1.54) is 25.1 Å². The van der Waals surface area contributed by atoms with Gasteiger partial charge >= 0.3 is 5.97 Å². The summed E-state index contributed by atoms with van der Waals surface area (Å²) in [6.07, 6.45) is 3.82. The molecular formula is C35H48N6O8. The fourth-order valence-electron chi connectivity index (χ4n) is 5.20. The fourth-order valence-corrected chi connectivity index (χ4v) is 5.20. The quantitative estimate of drug-likeness (QED) is 0.123. The number of carbonyl (C=O) groups excluding carboxylic acids is 6. The van der Waals surface area contributed by atoms with Crippen LogP contribution in [0.3, 0.4) is 0 Å². The summed E-state index contributed by atoms with van der Waals surface area (Å²) in [5.74, 6) is -3.35. The van der Waals surface area contributed by atoms with E-state index in [0.29, 0.717) is 18.7 Å². The number of hydrogen-bond donors (Lipinski definition) is 5. The average molecular weight is 681 g/mol. The predicted octanol–water partition coefficient (Wildman–Crippen LogP) is 2.08. The highest BCUT2D eigenvalue weighted by Crippen LogP contribution is 2.18. The third-order valence-electron chi connectivity index (χ3n) is 7.91. The van der Waals surface area contributed by atoms with Gasteiger partial charge in [-0.3, -0.25) is 24.0 Å². The molecule has 5 N–H and O–H groups in total. The van der Waals surface area contributed by atoms with Gasteiger partial charge in [0.1, 0.15) is 30.5 Å². The van der Waals surface area contributed by atoms with Crippen molar-refractivity contribution >= 4 is 35.5 Å². The minimum absolute atomic E-state index is 0.00103. The van der Waals surface area contributed by atoms with Crippen LogP contribution in [-0.2, 0) is 35.3 Å². The van der Waals surface area contributed by atoms with Crippen LogP contribution in [0.2, 0.25) is 0 Å². The third kappa shape index (κ3) is 12.5. The number of benzene rings is 1. The first-order chi connectivity index (χ1) is 23.2. The molecule has 14 heteroatoms. The van der Waals surface area contributed by atoms with E-state index in [1.807, 2.05) is 44.2 Å². The molecule has 0 saturated carbocycles. The molecule has 0 radical (unpaired) electrons. The Labute approximate surface area is 286 Å². The van der Waals surface area contributed by atoms with Crippen molar-refractivity contribution in [3.63, 3.8) is 0 Å². The Morgan fingerprint density at radius 3 is 2.29 bits per heavy atom. The lowest BCUT2D eigenvalue weighted by molar-refractivity contribution is -0.139. The summed E-state index contributed by atoms with van der Waals surface area (Å²) in [7, 11) is 0. The molecule has 5 amide bonds. The Morgan fingerprint density at radius 1 is 0.980 bits per heavy atom. The SMILES string of the molecule is Cc1cc(C(=O)N[C@@H](C)C(=O)N[C@H](C(=O)N[C@@H](CC(C)C)C(=O)N[C@H](/C=C/C(=O)OCc2ccccc2)CC2CCNC2=O)C(C)C)no1. The Kier molecular flexibility index (Phi) is 14.5. The van der Waals surface area contributed by atoms with Crippen molar-refractivity contribution in [2.75, 3.05) is 6.54 Å². The molecular weight excluding hydrogens is 632 g/mol. The number of ether oxygens (including phenoxy) is 1. The summed E-state index contributed by atoms with van der Waals surface area (Å²) in [4.78, 5) is 77.6. The van der Waals surface area contributed by atoms with Crippen LogP contribution >= 0.6 is 0 Å². The zero-order valence-corrected chi connectivity index (χ0v) is 28.9. The van der Waals surface area contributed by atoms with Crippen LogP contribution in [0.15, 0.2) is 53.1 Å². The predicted molar refractivity (Wildman–Crippen MR) is 179 cm³/mol. The van der Waals surface area contributed by atoms with Gasteiger partial charge in [-0.15, -0.1) is 0 Å². The molecule has 1 saturated heterocycles. The standard InChI is InChI=1S/C35H48N6O8/c1-20(2)16-27(39-35(47)30(21(3)4)40-31(43)23(6)37-34(46)28-17-22(5)49-41-28)33(45)38-26(18-25-14-15-36-32(25)44)12-13-29(42)48-19-24-10-8-7-9-11-24/h7-13,17,20-21,23,25-27,30H,14-16,18-19H2,1-6H3,(H,36,44)(H,37,46)(H,38,45)(H,39,47)(H,40,43)/b13-12+/t23-,25?,26+,27-,30-/m0/s1. The van der Waals surface area contributed by atoms with Crippen LogP contribution in [0.5, 0.6) is 0 Å². The smallest absolute Gasteiger partial charge is 0.330 e. The number of esters is 1. The number of amides is 5. The monoisotopic (exact) mass is 680 g/mol. The maximum Gasteiger partial charge on any atom is 0.330 e. The topological polar surface area (TPSA) is 198 Å². The molecule has 2 aromatic rings. The van der Waals surface area contributed by atoms with Crippen LogP contribution < -0.4 is 26.6 Å². The minimum atomic E-state index is -1.03. The van der Waals surface area contributed by atoms with Gasteiger partial charge in [-0.25, -0.2) is 4.79 Å². The van der Waals surface area contributed by atoms with Gasteiger partial charge in [-0.2, -0.15) is 0 Å². The molecule has 1 fully saturated rings. The van der Waals surface area contributed by atoms with Crippen LogP contribution in [0.1, 0.15) is 75.7 Å². The number of nitrogens with zero attached hydrogens (tertiary/aromatic N) is 1. The summed E-state index contributed by atoms with van der Waals surface area (Å²) in [5.41, 5.74) is 0.837. The zero-order valence-electron chi connectivity index (χ0n) is 28.9. The van der Waals surface area contributed by atoms with Crippen molar-refractivity contribution in [3.8, 4) is 0 Å². The van der Waals surface area contributed by atoms with E-state index in [9.17, 15) is 28.8 Å². The van der Waals surface area contributed by atoms with Gasteiger partial charge in [0.25, 0.3) is 5.91 Å². The normalized spacial score (nSPS) is 16.8. The molecule has 0 aliphatic carbocycles. The van der Waals surface area contributed by atoms with Crippen molar-refractivity contribution in [2.45, 2.75) is 91.6 Å². The Balaban J connectivity index is 1.68. The first kappa shape index (κ1) is 38.4. The van der Waals surface area contributed by atoms with Crippen molar-refractivity contribution in [1.29, 1.82) is 0 Å². The summed E-state index contributed by atoms with van der Waals surface area (Å²) in [5, 5.41) is 17.3. The minimum Gasteiger partial charge on any atom is -0.458 e. The molecule has 1 unspecified atom stereocenters. The van der Waals surface area contributed by atoms with E-state index in [4.69, 9.17) is 9.26 Å². The molecule has 49 heavy (non-hydrogen) atoms. The zero-order chi connectivity index (χ0) is 36.1. The van der Waals surface area contributed by atoms with Gasteiger partial charge in [-0.05, 0) is 50.5 Å². The number of aryl methyl sites for hydroxylation is 1. The van der Waals surface area contributed by atoms with Crippen LogP contribution in [-0.4, -0.2) is 71.4 Å². The Bertz CT molecular complexity index is 1490. The molecule has 266 valence electrons. The molecule has 0 spiro atoms.